The Kier molecular flexibility index (Phi) is 5.34. The molecule has 0 aromatic heterocycles. The second kappa shape index (κ2) is 7.33. The molecule has 8 heteroatoms. The number of hydrogen-bond donors (Lipinski definition) is 1. The van der Waals surface area contributed by atoms with Crippen LogP contribution in [0.5, 0.6) is 0 Å². The summed E-state index contributed by atoms with van der Waals surface area (Å²) in [4.78, 5) is 12.7. The molecule has 2 aromatic carbocycles. The lowest BCUT2D eigenvalue weighted by Gasteiger charge is -2.23. The van der Waals surface area contributed by atoms with Crippen molar-refractivity contribution in [2.24, 2.45) is 0 Å². The molecule has 0 unspecified atom stereocenters. The molecule has 132 valence electrons. The summed E-state index contributed by atoms with van der Waals surface area (Å²) in [5, 5.41) is 3.77. The van der Waals surface area contributed by atoms with Gasteiger partial charge in [-0.15, -0.1) is 0 Å². The smallest absolute Gasteiger partial charge is 0.243 e. The first-order valence-electron chi connectivity index (χ1n) is 7.72. The summed E-state index contributed by atoms with van der Waals surface area (Å²) in [5.74, 6) is -0.350. The SMILES string of the molecule is O=C(Nc1ccc(Cl)cc1)[C@H]1CCCN1S(=O)(=O)c1ccc(Cl)cc1. The number of rotatable bonds is 4. The fourth-order valence-electron chi connectivity index (χ4n) is 2.79. The minimum atomic E-state index is -3.76. The number of anilines is 1. The highest BCUT2D eigenvalue weighted by atomic mass is 35.5. The Hall–Kier alpha value is -1.60. The molecule has 1 amide bonds. The second-order valence-electron chi connectivity index (χ2n) is 5.72. The largest absolute Gasteiger partial charge is 0.325 e. The highest BCUT2D eigenvalue weighted by Crippen LogP contribution is 2.28. The molecule has 1 heterocycles. The summed E-state index contributed by atoms with van der Waals surface area (Å²) in [7, 11) is -3.76. The van der Waals surface area contributed by atoms with Crippen molar-refractivity contribution in [1.29, 1.82) is 0 Å². The van der Waals surface area contributed by atoms with E-state index in [1.807, 2.05) is 0 Å². The lowest BCUT2D eigenvalue weighted by Crippen LogP contribution is -2.43. The maximum absolute atomic E-state index is 12.8. The Morgan fingerprint density at radius 1 is 1.00 bits per heavy atom. The van der Waals surface area contributed by atoms with Gasteiger partial charge in [0.2, 0.25) is 15.9 Å². The van der Waals surface area contributed by atoms with Crippen LogP contribution in [-0.2, 0) is 14.8 Å². The third-order valence-corrected chi connectivity index (χ3v) is 6.46. The third-order valence-electron chi connectivity index (χ3n) is 4.04. The molecule has 25 heavy (non-hydrogen) atoms. The number of hydrogen-bond acceptors (Lipinski definition) is 3. The molecule has 1 aliphatic rings. The van der Waals surface area contributed by atoms with Gasteiger partial charge in [-0.1, -0.05) is 23.2 Å². The number of benzene rings is 2. The van der Waals surface area contributed by atoms with E-state index in [0.717, 1.165) is 0 Å². The molecular formula is C17H16Cl2N2O3S. The number of sulfonamides is 1. The van der Waals surface area contributed by atoms with E-state index in [9.17, 15) is 13.2 Å². The van der Waals surface area contributed by atoms with Gasteiger partial charge in [0.05, 0.1) is 4.90 Å². The molecule has 0 spiro atoms. The Morgan fingerprint density at radius 2 is 1.56 bits per heavy atom. The normalized spacial score (nSPS) is 18.2. The summed E-state index contributed by atoms with van der Waals surface area (Å²) in [6.07, 6.45) is 1.11. The van der Waals surface area contributed by atoms with Gasteiger partial charge in [0.25, 0.3) is 0 Å². The standard InChI is InChI=1S/C17H16Cl2N2O3S/c18-12-3-7-14(8-4-12)20-17(22)16-2-1-11-21(16)25(23,24)15-9-5-13(19)6-10-15/h3-10,16H,1-2,11H2,(H,20,22)/t16-/m1/s1. The molecule has 5 nitrogen and oxygen atoms in total. The Balaban J connectivity index is 1.80. The molecule has 0 aliphatic carbocycles. The molecule has 1 saturated heterocycles. The highest BCUT2D eigenvalue weighted by molar-refractivity contribution is 7.89. The average molecular weight is 399 g/mol. The number of halogens is 2. The fraction of sp³-hybridized carbons (Fsp3) is 0.235. The number of carbonyl (C=O) groups excluding carboxylic acids is 1. The first-order chi connectivity index (χ1) is 11.9. The van der Waals surface area contributed by atoms with E-state index in [0.29, 0.717) is 35.1 Å². The Labute approximate surface area is 156 Å². The lowest BCUT2D eigenvalue weighted by atomic mass is 10.2. The predicted octanol–water partition coefficient (Wildman–Crippen LogP) is 3.79. The zero-order chi connectivity index (χ0) is 18.0. The highest BCUT2D eigenvalue weighted by Gasteiger charge is 2.39. The van der Waals surface area contributed by atoms with Crippen LogP contribution in [0, 0.1) is 0 Å². The molecule has 2 aromatic rings. The van der Waals surface area contributed by atoms with Crippen molar-refractivity contribution in [2.45, 2.75) is 23.8 Å². The number of carbonyl (C=O) groups is 1. The number of amides is 1. The van der Waals surface area contributed by atoms with Gasteiger partial charge in [-0.25, -0.2) is 8.42 Å². The van der Waals surface area contributed by atoms with Crippen LogP contribution in [0.4, 0.5) is 5.69 Å². The Bertz CT molecular complexity index is 868. The van der Waals surface area contributed by atoms with E-state index < -0.39 is 16.1 Å². The molecule has 1 atom stereocenters. The van der Waals surface area contributed by atoms with E-state index in [1.54, 1.807) is 24.3 Å². The van der Waals surface area contributed by atoms with Gasteiger partial charge in [-0.3, -0.25) is 4.79 Å². The summed E-state index contributed by atoms with van der Waals surface area (Å²) < 4.78 is 26.9. The summed E-state index contributed by atoms with van der Waals surface area (Å²) >= 11 is 11.6. The van der Waals surface area contributed by atoms with Crippen molar-refractivity contribution in [3.05, 3.63) is 58.6 Å². The van der Waals surface area contributed by atoms with Crippen molar-refractivity contribution in [2.75, 3.05) is 11.9 Å². The van der Waals surface area contributed by atoms with Crippen LogP contribution >= 0.6 is 23.2 Å². The van der Waals surface area contributed by atoms with Gasteiger partial charge < -0.3 is 5.32 Å². The summed E-state index contributed by atoms with van der Waals surface area (Å²) in [5.41, 5.74) is 0.574. The van der Waals surface area contributed by atoms with E-state index in [4.69, 9.17) is 23.2 Å². The molecule has 0 radical (unpaired) electrons. The maximum Gasteiger partial charge on any atom is 0.243 e. The average Bonchev–Trinajstić information content (AvgIpc) is 3.08. The van der Waals surface area contributed by atoms with Gasteiger partial charge in [-0.05, 0) is 61.4 Å². The van der Waals surface area contributed by atoms with E-state index in [-0.39, 0.29) is 10.8 Å². The Morgan fingerprint density at radius 3 is 2.16 bits per heavy atom. The molecule has 3 rings (SSSR count). The van der Waals surface area contributed by atoms with Crippen LogP contribution in [0.2, 0.25) is 10.0 Å². The van der Waals surface area contributed by atoms with Gasteiger partial charge >= 0.3 is 0 Å². The summed E-state index contributed by atoms with van der Waals surface area (Å²) in [6.45, 7) is 0.309. The van der Waals surface area contributed by atoms with E-state index in [2.05, 4.69) is 5.32 Å². The fourth-order valence-corrected chi connectivity index (χ4v) is 4.70. The maximum atomic E-state index is 12.8. The van der Waals surface area contributed by atoms with Crippen molar-refractivity contribution >= 4 is 44.8 Å². The zero-order valence-electron chi connectivity index (χ0n) is 13.2. The van der Waals surface area contributed by atoms with Crippen molar-refractivity contribution in [3.63, 3.8) is 0 Å². The van der Waals surface area contributed by atoms with Gasteiger partial charge in [-0.2, -0.15) is 4.31 Å². The topological polar surface area (TPSA) is 66.5 Å². The zero-order valence-corrected chi connectivity index (χ0v) is 15.5. The summed E-state index contributed by atoms with van der Waals surface area (Å²) in [6, 6.07) is 11.9. The molecule has 0 saturated carbocycles. The van der Waals surface area contributed by atoms with Crippen molar-refractivity contribution < 1.29 is 13.2 Å². The first kappa shape index (κ1) is 18.2. The van der Waals surface area contributed by atoms with Crippen LogP contribution in [0.3, 0.4) is 0 Å². The van der Waals surface area contributed by atoms with Crippen LogP contribution < -0.4 is 5.32 Å². The molecule has 1 N–H and O–H groups in total. The van der Waals surface area contributed by atoms with Crippen molar-refractivity contribution in [1.82, 2.24) is 4.31 Å². The van der Waals surface area contributed by atoms with Gasteiger partial charge in [0.15, 0.2) is 0 Å². The number of nitrogens with zero attached hydrogens (tertiary/aromatic N) is 1. The third kappa shape index (κ3) is 3.98. The second-order valence-corrected chi connectivity index (χ2v) is 8.49. The molecule has 1 aliphatic heterocycles. The van der Waals surface area contributed by atoms with Crippen LogP contribution in [0.25, 0.3) is 0 Å². The van der Waals surface area contributed by atoms with E-state index >= 15 is 0 Å². The van der Waals surface area contributed by atoms with E-state index in [1.165, 1.54) is 28.6 Å². The van der Waals surface area contributed by atoms with Crippen LogP contribution in [0.1, 0.15) is 12.8 Å². The monoisotopic (exact) mass is 398 g/mol. The van der Waals surface area contributed by atoms with Crippen molar-refractivity contribution in [3.8, 4) is 0 Å². The first-order valence-corrected chi connectivity index (χ1v) is 9.91. The number of nitrogens with one attached hydrogen (secondary N) is 1. The lowest BCUT2D eigenvalue weighted by molar-refractivity contribution is -0.119. The minimum Gasteiger partial charge on any atom is -0.325 e. The van der Waals surface area contributed by atoms with Gasteiger partial charge in [0.1, 0.15) is 6.04 Å². The predicted molar refractivity (Wildman–Crippen MR) is 98.4 cm³/mol. The van der Waals surface area contributed by atoms with Crippen LogP contribution in [-0.4, -0.2) is 31.2 Å². The van der Waals surface area contributed by atoms with Gasteiger partial charge in [0, 0.05) is 22.3 Å². The minimum absolute atomic E-state index is 0.128. The molecular weight excluding hydrogens is 383 g/mol. The van der Waals surface area contributed by atoms with Crippen LogP contribution in [0.15, 0.2) is 53.4 Å². The molecule has 0 bridgehead atoms. The molecule has 1 fully saturated rings. The quantitative estimate of drug-likeness (QED) is 0.851.